The van der Waals surface area contributed by atoms with Gasteiger partial charge in [-0.25, -0.2) is 0 Å². The average molecular weight is 225 g/mol. The molecule has 2 fully saturated rings. The molecule has 0 heterocycles. The van der Waals surface area contributed by atoms with Crippen molar-refractivity contribution in [1.29, 1.82) is 0 Å². The van der Waals surface area contributed by atoms with Crippen molar-refractivity contribution in [3.8, 4) is 0 Å². The minimum atomic E-state index is -0.0832. The smallest absolute Gasteiger partial charge is 0.0693 e. The lowest BCUT2D eigenvalue weighted by Crippen LogP contribution is -2.42. The van der Waals surface area contributed by atoms with Crippen LogP contribution < -0.4 is 5.32 Å². The molecular formula is C14H27NO. The monoisotopic (exact) mass is 225 g/mol. The van der Waals surface area contributed by atoms with E-state index in [1.54, 1.807) is 0 Å². The Balaban J connectivity index is 1.59. The summed E-state index contributed by atoms with van der Waals surface area (Å²) in [5, 5.41) is 13.4. The Morgan fingerprint density at radius 2 is 1.56 bits per heavy atom. The van der Waals surface area contributed by atoms with Crippen LogP contribution in [0.15, 0.2) is 0 Å². The lowest BCUT2D eigenvalue weighted by atomic mass is 9.86. The van der Waals surface area contributed by atoms with Crippen LogP contribution in [0.4, 0.5) is 0 Å². The van der Waals surface area contributed by atoms with Crippen molar-refractivity contribution in [3.05, 3.63) is 0 Å². The van der Waals surface area contributed by atoms with Crippen LogP contribution in [-0.4, -0.2) is 23.8 Å². The van der Waals surface area contributed by atoms with E-state index < -0.39 is 0 Å². The molecule has 2 atom stereocenters. The van der Waals surface area contributed by atoms with E-state index in [9.17, 15) is 5.11 Å². The molecule has 2 saturated carbocycles. The van der Waals surface area contributed by atoms with Crippen LogP contribution in [0.1, 0.15) is 64.2 Å². The first-order chi connectivity index (χ1) is 7.86. The van der Waals surface area contributed by atoms with Gasteiger partial charge in [-0.15, -0.1) is 0 Å². The number of aliphatic hydroxyl groups excluding tert-OH is 1. The Morgan fingerprint density at radius 3 is 2.31 bits per heavy atom. The van der Waals surface area contributed by atoms with Crippen LogP contribution in [0.3, 0.4) is 0 Å². The minimum Gasteiger partial charge on any atom is -0.392 e. The van der Waals surface area contributed by atoms with Crippen molar-refractivity contribution in [2.45, 2.75) is 76.4 Å². The molecule has 2 aliphatic carbocycles. The number of hydrogen-bond acceptors (Lipinski definition) is 2. The standard InChI is InChI=1S/C14H27NO/c16-14-9-5-4-8-13(14)15-11-10-12-6-2-1-3-7-12/h12-16H,1-11H2/t13-,14-/m1/s1. The van der Waals surface area contributed by atoms with Gasteiger partial charge < -0.3 is 10.4 Å². The first kappa shape index (κ1) is 12.4. The van der Waals surface area contributed by atoms with Crippen molar-refractivity contribution in [2.24, 2.45) is 5.92 Å². The summed E-state index contributed by atoms with van der Waals surface area (Å²) in [7, 11) is 0. The summed E-state index contributed by atoms with van der Waals surface area (Å²) in [6, 6.07) is 0.386. The third-order valence-electron chi connectivity index (χ3n) is 4.41. The molecule has 0 bridgehead atoms. The number of rotatable bonds is 4. The molecule has 0 unspecified atom stereocenters. The number of aliphatic hydroxyl groups is 1. The summed E-state index contributed by atoms with van der Waals surface area (Å²) in [6.07, 6.45) is 13.1. The maximum atomic E-state index is 9.84. The van der Waals surface area contributed by atoms with E-state index in [4.69, 9.17) is 0 Å². The molecule has 0 aromatic heterocycles. The first-order valence-corrected chi connectivity index (χ1v) is 7.28. The molecule has 0 aromatic rings. The van der Waals surface area contributed by atoms with Gasteiger partial charge in [0.1, 0.15) is 0 Å². The fourth-order valence-electron chi connectivity index (χ4n) is 3.30. The molecule has 2 rings (SSSR count). The number of hydrogen-bond donors (Lipinski definition) is 2. The summed E-state index contributed by atoms with van der Waals surface area (Å²) in [6.45, 7) is 1.12. The third kappa shape index (κ3) is 3.74. The second-order valence-electron chi connectivity index (χ2n) is 5.71. The highest BCUT2D eigenvalue weighted by Crippen LogP contribution is 2.26. The molecule has 16 heavy (non-hydrogen) atoms. The van der Waals surface area contributed by atoms with Gasteiger partial charge in [-0.1, -0.05) is 44.9 Å². The summed E-state index contributed by atoms with van der Waals surface area (Å²) in [4.78, 5) is 0. The van der Waals surface area contributed by atoms with Crippen LogP contribution in [0.5, 0.6) is 0 Å². The van der Waals surface area contributed by atoms with Gasteiger partial charge in [-0.2, -0.15) is 0 Å². The Morgan fingerprint density at radius 1 is 0.875 bits per heavy atom. The highest BCUT2D eigenvalue weighted by Gasteiger charge is 2.22. The zero-order valence-electron chi connectivity index (χ0n) is 10.5. The Labute approximate surface area is 99.8 Å². The van der Waals surface area contributed by atoms with E-state index in [0.29, 0.717) is 6.04 Å². The van der Waals surface area contributed by atoms with E-state index in [0.717, 1.165) is 18.9 Å². The van der Waals surface area contributed by atoms with Crippen LogP contribution in [0.25, 0.3) is 0 Å². The molecule has 0 aromatic carbocycles. The van der Waals surface area contributed by atoms with Gasteiger partial charge in [0.05, 0.1) is 6.10 Å². The molecule has 2 aliphatic rings. The van der Waals surface area contributed by atoms with Gasteiger partial charge in [0, 0.05) is 6.04 Å². The molecule has 0 saturated heterocycles. The van der Waals surface area contributed by atoms with Gasteiger partial charge in [-0.05, 0) is 31.7 Å². The largest absolute Gasteiger partial charge is 0.392 e. The van der Waals surface area contributed by atoms with Crippen molar-refractivity contribution < 1.29 is 5.11 Å². The van der Waals surface area contributed by atoms with Gasteiger partial charge >= 0.3 is 0 Å². The normalized spacial score (nSPS) is 32.8. The predicted molar refractivity (Wildman–Crippen MR) is 67.5 cm³/mol. The predicted octanol–water partition coefficient (Wildman–Crippen LogP) is 2.85. The zero-order chi connectivity index (χ0) is 11.2. The summed E-state index contributed by atoms with van der Waals surface area (Å²) in [5.74, 6) is 0.960. The molecule has 0 amide bonds. The molecule has 0 aliphatic heterocycles. The van der Waals surface area contributed by atoms with Gasteiger partial charge in [0.15, 0.2) is 0 Å². The maximum absolute atomic E-state index is 9.84. The van der Waals surface area contributed by atoms with E-state index in [1.807, 2.05) is 0 Å². The summed E-state index contributed by atoms with van der Waals surface area (Å²) in [5.41, 5.74) is 0. The quantitative estimate of drug-likeness (QED) is 0.771. The molecule has 0 spiro atoms. The van der Waals surface area contributed by atoms with E-state index in [-0.39, 0.29) is 6.10 Å². The lowest BCUT2D eigenvalue weighted by Gasteiger charge is -2.29. The molecule has 2 heteroatoms. The third-order valence-corrected chi connectivity index (χ3v) is 4.41. The van der Waals surface area contributed by atoms with Crippen LogP contribution in [0.2, 0.25) is 0 Å². The molecule has 2 nitrogen and oxygen atoms in total. The summed E-state index contributed by atoms with van der Waals surface area (Å²) >= 11 is 0. The first-order valence-electron chi connectivity index (χ1n) is 7.28. The fraction of sp³-hybridized carbons (Fsp3) is 1.00. The van der Waals surface area contributed by atoms with Crippen molar-refractivity contribution >= 4 is 0 Å². The zero-order valence-corrected chi connectivity index (χ0v) is 10.5. The number of nitrogens with one attached hydrogen (secondary N) is 1. The SMILES string of the molecule is O[C@@H]1CCCC[C@H]1NCCC1CCCCC1. The van der Waals surface area contributed by atoms with Crippen LogP contribution in [-0.2, 0) is 0 Å². The Bertz CT molecular complexity index is 189. The highest BCUT2D eigenvalue weighted by atomic mass is 16.3. The fourth-order valence-corrected chi connectivity index (χ4v) is 3.30. The van der Waals surface area contributed by atoms with Crippen molar-refractivity contribution in [3.63, 3.8) is 0 Å². The second kappa shape index (κ2) is 6.61. The van der Waals surface area contributed by atoms with E-state index >= 15 is 0 Å². The molecular weight excluding hydrogens is 198 g/mol. The maximum Gasteiger partial charge on any atom is 0.0693 e. The molecule has 2 N–H and O–H groups in total. The highest BCUT2D eigenvalue weighted by molar-refractivity contribution is 4.80. The van der Waals surface area contributed by atoms with Gasteiger partial charge in [0.25, 0.3) is 0 Å². The Kier molecular flexibility index (Phi) is 5.11. The van der Waals surface area contributed by atoms with Gasteiger partial charge in [0.2, 0.25) is 0 Å². The van der Waals surface area contributed by atoms with Crippen molar-refractivity contribution in [2.75, 3.05) is 6.54 Å². The minimum absolute atomic E-state index is 0.0832. The van der Waals surface area contributed by atoms with Crippen molar-refractivity contribution in [1.82, 2.24) is 5.32 Å². The second-order valence-corrected chi connectivity index (χ2v) is 5.71. The Hall–Kier alpha value is -0.0800. The lowest BCUT2D eigenvalue weighted by molar-refractivity contribution is 0.0899. The van der Waals surface area contributed by atoms with Crippen LogP contribution >= 0.6 is 0 Å². The average Bonchev–Trinajstić information content (AvgIpc) is 2.33. The van der Waals surface area contributed by atoms with E-state index in [1.165, 1.54) is 57.8 Å². The van der Waals surface area contributed by atoms with Crippen LogP contribution in [0, 0.1) is 5.92 Å². The summed E-state index contributed by atoms with van der Waals surface area (Å²) < 4.78 is 0. The van der Waals surface area contributed by atoms with Gasteiger partial charge in [-0.3, -0.25) is 0 Å². The topological polar surface area (TPSA) is 32.3 Å². The molecule has 0 radical (unpaired) electrons. The molecule has 94 valence electrons. The van der Waals surface area contributed by atoms with E-state index in [2.05, 4.69) is 5.32 Å².